The number of imidazole rings is 1. The van der Waals surface area contributed by atoms with Gasteiger partial charge in [0.25, 0.3) is 0 Å². The van der Waals surface area contributed by atoms with Crippen LogP contribution in [0.5, 0.6) is 0 Å². The Kier molecular flexibility index (Phi) is 3.35. The first-order valence-electron chi connectivity index (χ1n) is 6.44. The number of aromatic amines is 1. The number of rotatable bonds is 4. The topological polar surface area (TPSA) is 66.0 Å². The lowest BCUT2D eigenvalue weighted by molar-refractivity contribution is -0.139. The summed E-state index contributed by atoms with van der Waals surface area (Å²) in [4.78, 5) is 18.7. The number of H-pyrrole nitrogens is 1. The molecule has 2 aromatic rings. The molecule has 0 fully saturated rings. The number of fused-ring (bicyclic) bond motifs is 1. The van der Waals surface area contributed by atoms with E-state index in [2.05, 4.69) is 35.9 Å². The fraction of sp³-hybridized carbons (Fsp3) is 0.467. The minimum absolute atomic E-state index is 0.141. The van der Waals surface area contributed by atoms with E-state index >= 15 is 0 Å². The Labute approximate surface area is 112 Å². The van der Waals surface area contributed by atoms with Crippen LogP contribution in [0.15, 0.2) is 12.1 Å². The van der Waals surface area contributed by atoms with Crippen molar-refractivity contribution in [3.05, 3.63) is 29.1 Å². The summed E-state index contributed by atoms with van der Waals surface area (Å²) < 4.78 is 0. The van der Waals surface area contributed by atoms with Crippen molar-refractivity contribution in [1.29, 1.82) is 0 Å². The van der Waals surface area contributed by atoms with Crippen LogP contribution in [-0.2, 0) is 11.2 Å². The second kappa shape index (κ2) is 4.68. The summed E-state index contributed by atoms with van der Waals surface area (Å²) in [5.41, 5.74) is 4.11. The summed E-state index contributed by atoms with van der Waals surface area (Å²) in [6.45, 7) is 8.04. The summed E-state index contributed by atoms with van der Waals surface area (Å²) in [5.74, 6) is 0.0825. The minimum Gasteiger partial charge on any atom is -0.481 e. The molecule has 1 aromatic carbocycles. The van der Waals surface area contributed by atoms with Crippen molar-refractivity contribution < 1.29 is 9.90 Å². The number of nitrogens with one attached hydrogen (secondary N) is 1. The van der Waals surface area contributed by atoms with Gasteiger partial charge in [-0.05, 0) is 42.5 Å². The van der Waals surface area contributed by atoms with Gasteiger partial charge in [-0.2, -0.15) is 0 Å². The zero-order valence-corrected chi connectivity index (χ0v) is 11.9. The van der Waals surface area contributed by atoms with Gasteiger partial charge >= 0.3 is 5.97 Å². The normalized spacial score (nSPS) is 12.0. The molecule has 0 radical (unpaired) electrons. The van der Waals surface area contributed by atoms with Gasteiger partial charge in [-0.25, -0.2) is 4.98 Å². The van der Waals surface area contributed by atoms with Crippen LogP contribution in [-0.4, -0.2) is 21.0 Å². The lowest BCUT2D eigenvalue weighted by atomic mass is 9.85. The van der Waals surface area contributed by atoms with Gasteiger partial charge < -0.3 is 10.1 Å². The summed E-state index contributed by atoms with van der Waals surface area (Å²) in [6.07, 6.45) is 0.772. The number of benzene rings is 1. The molecule has 0 spiro atoms. The van der Waals surface area contributed by atoms with E-state index in [9.17, 15) is 4.79 Å². The second-order valence-corrected chi connectivity index (χ2v) is 6.05. The van der Waals surface area contributed by atoms with Crippen molar-refractivity contribution >= 4 is 17.0 Å². The molecule has 0 aliphatic carbocycles. The Morgan fingerprint density at radius 3 is 2.58 bits per heavy atom. The monoisotopic (exact) mass is 260 g/mol. The first-order valence-corrected chi connectivity index (χ1v) is 6.44. The van der Waals surface area contributed by atoms with Crippen molar-refractivity contribution in [2.24, 2.45) is 5.41 Å². The van der Waals surface area contributed by atoms with Gasteiger partial charge in [0.1, 0.15) is 5.82 Å². The molecule has 1 aromatic heterocycles. The molecule has 0 aliphatic rings. The molecular formula is C15H20N2O2. The Hall–Kier alpha value is -1.84. The number of carboxylic acid groups (broad SMARTS) is 1. The fourth-order valence-corrected chi connectivity index (χ4v) is 2.33. The van der Waals surface area contributed by atoms with Gasteiger partial charge in [0.05, 0.1) is 17.5 Å². The highest BCUT2D eigenvalue weighted by atomic mass is 16.4. The summed E-state index contributed by atoms with van der Waals surface area (Å²) in [6, 6.07) is 4.15. The van der Waals surface area contributed by atoms with Gasteiger partial charge in [-0.1, -0.05) is 13.8 Å². The van der Waals surface area contributed by atoms with Crippen LogP contribution in [0.25, 0.3) is 11.0 Å². The Morgan fingerprint density at radius 1 is 1.32 bits per heavy atom. The lowest BCUT2D eigenvalue weighted by Crippen LogP contribution is -2.20. The van der Waals surface area contributed by atoms with E-state index in [-0.39, 0.29) is 11.8 Å². The van der Waals surface area contributed by atoms with E-state index in [4.69, 9.17) is 5.11 Å². The van der Waals surface area contributed by atoms with E-state index < -0.39 is 5.97 Å². The number of hydrogen-bond donors (Lipinski definition) is 2. The zero-order chi connectivity index (χ0) is 14.2. The average molecular weight is 260 g/mol. The Balaban J connectivity index is 2.29. The van der Waals surface area contributed by atoms with Crippen molar-refractivity contribution in [3.8, 4) is 0 Å². The van der Waals surface area contributed by atoms with Crippen molar-refractivity contribution in [2.45, 2.75) is 40.5 Å². The molecule has 2 rings (SSSR count). The van der Waals surface area contributed by atoms with Gasteiger partial charge in [0.2, 0.25) is 0 Å². The molecule has 1 heterocycles. The van der Waals surface area contributed by atoms with Crippen molar-refractivity contribution in [3.63, 3.8) is 0 Å². The molecular weight excluding hydrogens is 240 g/mol. The molecule has 0 saturated heterocycles. The van der Waals surface area contributed by atoms with Crippen molar-refractivity contribution in [1.82, 2.24) is 9.97 Å². The van der Waals surface area contributed by atoms with E-state index in [1.54, 1.807) is 0 Å². The molecule has 4 heteroatoms. The average Bonchev–Trinajstić information content (AvgIpc) is 2.56. The standard InChI is InChI=1S/C15H20N2O2/c1-9-5-11-12(6-10(9)2)17-13(16-11)7-15(3,4)8-14(18)19/h5-6H,7-8H2,1-4H3,(H,16,17)(H,18,19). The quantitative estimate of drug-likeness (QED) is 0.887. The summed E-state index contributed by atoms with van der Waals surface area (Å²) in [5, 5.41) is 8.91. The molecule has 19 heavy (non-hydrogen) atoms. The largest absolute Gasteiger partial charge is 0.481 e. The highest BCUT2D eigenvalue weighted by Crippen LogP contribution is 2.26. The van der Waals surface area contributed by atoms with E-state index in [0.717, 1.165) is 16.9 Å². The predicted molar refractivity (Wildman–Crippen MR) is 75.3 cm³/mol. The third-order valence-electron chi connectivity index (χ3n) is 3.42. The lowest BCUT2D eigenvalue weighted by Gasteiger charge is -2.20. The van der Waals surface area contributed by atoms with E-state index in [1.165, 1.54) is 11.1 Å². The van der Waals surface area contributed by atoms with Crippen LogP contribution < -0.4 is 0 Å². The zero-order valence-electron chi connectivity index (χ0n) is 11.9. The molecule has 0 atom stereocenters. The maximum absolute atomic E-state index is 10.8. The van der Waals surface area contributed by atoms with Crippen LogP contribution in [0.1, 0.15) is 37.2 Å². The molecule has 0 bridgehead atoms. The third kappa shape index (κ3) is 3.13. The second-order valence-electron chi connectivity index (χ2n) is 6.05. The number of hydrogen-bond acceptors (Lipinski definition) is 2. The smallest absolute Gasteiger partial charge is 0.303 e. The maximum atomic E-state index is 10.8. The first kappa shape index (κ1) is 13.6. The number of carbonyl (C=O) groups is 1. The van der Waals surface area contributed by atoms with Gasteiger partial charge in [-0.3, -0.25) is 4.79 Å². The van der Waals surface area contributed by atoms with E-state index in [1.807, 2.05) is 13.8 Å². The Bertz CT molecular complexity index is 587. The van der Waals surface area contributed by atoms with Gasteiger partial charge in [-0.15, -0.1) is 0 Å². The molecule has 0 amide bonds. The maximum Gasteiger partial charge on any atom is 0.303 e. The first-order chi connectivity index (χ1) is 8.77. The Morgan fingerprint density at radius 2 is 1.95 bits per heavy atom. The minimum atomic E-state index is -0.771. The van der Waals surface area contributed by atoms with Crippen LogP contribution in [0.2, 0.25) is 0 Å². The van der Waals surface area contributed by atoms with Crippen LogP contribution in [0.3, 0.4) is 0 Å². The third-order valence-corrected chi connectivity index (χ3v) is 3.42. The molecule has 102 valence electrons. The predicted octanol–water partition coefficient (Wildman–Crippen LogP) is 3.22. The molecule has 0 unspecified atom stereocenters. The number of nitrogens with zero attached hydrogens (tertiary/aromatic N) is 1. The molecule has 0 aliphatic heterocycles. The molecule has 2 N–H and O–H groups in total. The van der Waals surface area contributed by atoms with Gasteiger partial charge in [0, 0.05) is 6.42 Å². The summed E-state index contributed by atoms with van der Waals surface area (Å²) >= 11 is 0. The van der Waals surface area contributed by atoms with Crippen LogP contribution >= 0.6 is 0 Å². The molecule has 0 saturated carbocycles. The highest BCUT2D eigenvalue weighted by molar-refractivity contribution is 5.77. The van der Waals surface area contributed by atoms with Crippen LogP contribution in [0.4, 0.5) is 0 Å². The van der Waals surface area contributed by atoms with Crippen LogP contribution in [0, 0.1) is 19.3 Å². The van der Waals surface area contributed by atoms with Crippen molar-refractivity contribution in [2.75, 3.05) is 0 Å². The summed E-state index contributed by atoms with van der Waals surface area (Å²) in [7, 11) is 0. The fourth-order valence-electron chi connectivity index (χ4n) is 2.33. The SMILES string of the molecule is Cc1cc2nc(CC(C)(C)CC(=O)O)[nH]c2cc1C. The number of aromatic nitrogens is 2. The highest BCUT2D eigenvalue weighted by Gasteiger charge is 2.23. The van der Waals surface area contributed by atoms with E-state index in [0.29, 0.717) is 6.42 Å². The number of aliphatic carboxylic acids is 1. The molecule has 4 nitrogen and oxygen atoms in total. The number of carboxylic acids is 1. The number of aryl methyl sites for hydroxylation is 2. The van der Waals surface area contributed by atoms with Gasteiger partial charge in [0.15, 0.2) is 0 Å².